The van der Waals surface area contributed by atoms with Gasteiger partial charge in [-0.25, -0.2) is 0 Å². The Morgan fingerprint density at radius 3 is 2.93 bits per heavy atom. The number of rotatable bonds is 4. The zero-order valence-electron chi connectivity index (χ0n) is 7.99. The third kappa shape index (κ3) is 1.69. The van der Waals surface area contributed by atoms with Gasteiger partial charge in [0.15, 0.2) is 12.0 Å². The van der Waals surface area contributed by atoms with Gasteiger partial charge >= 0.3 is 0 Å². The van der Waals surface area contributed by atoms with E-state index >= 15 is 0 Å². The van der Waals surface area contributed by atoms with Crippen LogP contribution in [0.3, 0.4) is 0 Å². The maximum absolute atomic E-state index is 10.9. The number of ether oxygens (including phenoxy) is 1. The quantitative estimate of drug-likeness (QED) is 0.734. The van der Waals surface area contributed by atoms with Gasteiger partial charge in [-0.3, -0.25) is 9.78 Å². The summed E-state index contributed by atoms with van der Waals surface area (Å²) in [5, 5.41) is 2.91. The Bertz CT molecular complexity index is 348. The van der Waals surface area contributed by atoms with Crippen molar-refractivity contribution in [2.75, 3.05) is 12.4 Å². The number of aldehydes is 1. The van der Waals surface area contributed by atoms with Crippen molar-refractivity contribution >= 4 is 12.0 Å². The minimum Gasteiger partial charge on any atom is -0.488 e. The van der Waals surface area contributed by atoms with Crippen molar-refractivity contribution in [1.82, 2.24) is 4.98 Å². The molecular formula is C10H12N2O2. The molecule has 0 spiro atoms. The summed E-state index contributed by atoms with van der Waals surface area (Å²) in [6.45, 7) is 0. The summed E-state index contributed by atoms with van der Waals surface area (Å²) in [6.07, 6.45) is 6.42. The molecule has 1 aromatic heterocycles. The van der Waals surface area contributed by atoms with Crippen molar-refractivity contribution < 1.29 is 9.53 Å². The number of nitrogens with zero attached hydrogens (tertiary/aromatic N) is 1. The van der Waals surface area contributed by atoms with Gasteiger partial charge in [0.05, 0.1) is 29.7 Å². The molecule has 0 amide bonds. The first-order valence-corrected chi connectivity index (χ1v) is 4.62. The number of pyridine rings is 1. The average Bonchev–Trinajstić information content (AvgIpc) is 3.01. The molecule has 1 N–H and O–H groups in total. The van der Waals surface area contributed by atoms with Gasteiger partial charge in [-0.2, -0.15) is 0 Å². The lowest BCUT2D eigenvalue weighted by Gasteiger charge is -2.09. The predicted octanol–water partition coefficient (Wildman–Crippen LogP) is 1.48. The van der Waals surface area contributed by atoms with E-state index in [9.17, 15) is 4.79 Å². The third-order valence-corrected chi connectivity index (χ3v) is 2.16. The molecule has 0 radical (unpaired) electrons. The lowest BCUT2D eigenvalue weighted by molar-refractivity contribution is 0.112. The normalized spacial score (nSPS) is 14.9. The van der Waals surface area contributed by atoms with Crippen LogP contribution in [0, 0.1) is 0 Å². The van der Waals surface area contributed by atoms with Gasteiger partial charge in [-0.1, -0.05) is 0 Å². The number of hydrogen-bond donors (Lipinski definition) is 1. The molecule has 0 aliphatic heterocycles. The SMILES string of the molecule is CNc1cncc(OC2CC2)c1C=O. The molecule has 1 fully saturated rings. The van der Waals surface area contributed by atoms with Gasteiger partial charge in [0, 0.05) is 7.05 Å². The van der Waals surface area contributed by atoms with Gasteiger partial charge in [-0.05, 0) is 12.8 Å². The minimum absolute atomic E-state index is 0.280. The molecule has 74 valence electrons. The van der Waals surface area contributed by atoms with E-state index in [1.165, 1.54) is 0 Å². The molecule has 0 saturated heterocycles. The number of nitrogens with one attached hydrogen (secondary N) is 1. The lowest BCUT2D eigenvalue weighted by Crippen LogP contribution is -2.03. The summed E-state index contributed by atoms with van der Waals surface area (Å²) < 4.78 is 5.56. The van der Waals surface area contributed by atoms with Crippen molar-refractivity contribution in [3.8, 4) is 5.75 Å². The van der Waals surface area contributed by atoms with Crippen molar-refractivity contribution in [3.05, 3.63) is 18.0 Å². The van der Waals surface area contributed by atoms with Crippen molar-refractivity contribution in [1.29, 1.82) is 0 Å². The monoisotopic (exact) mass is 192 g/mol. The van der Waals surface area contributed by atoms with E-state index in [1.807, 2.05) is 0 Å². The highest BCUT2D eigenvalue weighted by atomic mass is 16.5. The molecule has 1 heterocycles. The molecule has 0 atom stereocenters. The van der Waals surface area contributed by atoms with Crippen LogP contribution in [0.2, 0.25) is 0 Å². The van der Waals surface area contributed by atoms with Crippen LogP contribution in [-0.4, -0.2) is 24.4 Å². The number of anilines is 1. The molecule has 1 aliphatic rings. The molecule has 1 saturated carbocycles. The average molecular weight is 192 g/mol. The Labute approximate surface area is 82.3 Å². The summed E-state index contributed by atoms with van der Waals surface area (Å²) in [7, 11) is 1.75. The summed E-state index contributed by atoms with van der Waals surface area (Å²) in [4.78, 5) is 14.9. The standard InChI is InChI=1S/C10H12N2O2/c1-11-9-4-12-5-10(8(9)6-13)14-7-2-3-7/h4-7,11H,2-3H2,1H3. The van der Waals surface area contributed by atoms with E-state index in [-0.39, 0.29) is 6.10 Å². The van der Waals surface area contributed by atoms with E-state index in [4.69, 9.17) is 4.74 Å². The smallest absolute Gasteiger partial charge is 0.155 e. The number of hydrogen-bond acceptors (Lipinski definition) is 4. The van der Waals surface area contributed by atoms with Crippen LogP contribution in [0.1, 0.15) is 23.2 Å². The van der Waals surface area contributed by atoms with Crippen LogP contribution in [-0.2, 0) is 0 Å². The zero-order valence-corrected chi connectivity index (χ0v) is 7.99. The van der Waals surface area contributed by atoms with E-state index < -0.39 is 0 Å². The van der Waals surface area contributed by atoms with Crippen LogP contribution < -0.4 is 10.1 Å². The Morgan fingerprint density at radius 2 is 2.36 bits per heavy atom. The largest absolute Gasteiger partial charge is 0.488 e. The molecule has 2 rings (SSSR count). The topological polar surface area (TPSA) is 51.2 Å². The summed E-state index contributed by atoms with van der Waals surface area (Å²) in [5.74, 6) is 0.578. The van der Waals surface area contributed by atoms with Crippen LogP contribution >= 0.6 is 0 Å². The first-order chi connectivity index (χ1) is 6.85. The highest BCUT2D eigenvalue weighted by Crippen LogP contribution is 2.30. The van der Waals surface area contributed by atoms with Crippen molar-refractivity contribution in [2.24, 2.45) is 0 Å². The van der Waals surface area contributed by atoms with Gasteiger partial charge < -0.3 is 10.1 Å². The zero-order chi connectivity index (χ0) is 9.97. The number of carbonyl (C=O) groups excluding carboxylic acids is 1. The molecular weight excluding hydrogens is 180 g/mol. The molecule has 1 aliphatic carbocycles. The summed E-state index contributed by atoms with van der Waals surface area (Å²) in [5.41, 5.74) is 1.26. The Hall–Kier alpha value is -1.58. The van der Waals surface area contributed by atoms with E-state index in [2.05, 4.69) is 10.3 Å². The Balaban J connectivity index is 2.30. The number of carbonyl (C=O) groups is 1. The van der Waals surface area contributed by atoms with Crippen molar-refractivity contribution in [2.45, 2.75) is 18.9 Å². The fraction of sp³-hybridized carbons (Fsp3) is 0.400. The van der Waals surface area contributed by atoms with E-state index in [0.717, 1.165) is 19.1 Å². The summed E-state index contributed by atoms with van der Waals surface area (Å²) in [6, 6.07) is 0. The Kier molecular flexibility index (Phi) is 2.35. The van der Waals surface area contributed by atoms with E-state index in [0.29, 0.717) is 17.0 Å². The summed E-state index contributed by atoms with van der Waals surface area (Å²) >= 11 is 0. The Morgan fingerprint density at radius 1 is 1.57 bits per heavy atom. The van der Waals surface area contributed by atoms with Crippen LogP contribution in [0.4, 0.5) is 5.69 Å². The molecule has 4 nitrogen and oxygen atoms in total. The molecule has 14 heavy (non-hydrogen) atoms. The molecule has 0 bridgehead atoms. The van der Waals surface area contributed by atoms with Crippen LogP contribution in [0.15, 0.2) is 12.4 Å². The maximum atomic E-state index is 10.9. The first-order valence-electron chi connectivity index (χ1n) is 4.62. The van der Waals surface area contributed by atoms with Crippen molar-refractivity contribution in [3.63, 3.8) is 0 Å². The minimum atomic E-state index is 0.280. The van der Waals surface area contributed by atoms with Crippen LogP contribution in [0.5, 0.6) is 5.75 Å². The predicted molar refractivity (Wildman–Crippen MR) is 52.8 cm³/mol. The highest BCUT2D eigenvalue weighted by molar-refractivity contribution is 5.87. The fourth-order valence-electron chi connectivity index (χ4n) is 1.23. The first kappa shape index (κ1) is 8.99. The fourth-order valence-corrected chi connectivity index (χ4v) is 1.23. The second-order valence-corrected chi connectivity index (χ2v) is 3.28. The van der Waals surface area contributed by atoms with E-state index in [1.54, 1.807) is 19.4 Å². The molecule has 4 heteroatoms. The van der Waals surface area contributed by atoms with Gasteiger partial charge in [0.2, 0.25) is 0 Å². The highest BCUT2D eigenvalue weighted by Gasteiger charge is 2.25. The van der Waals surface area contributed by atoms with Gasteiger partial charge in [-0.15, -0.1) is 0 Å². The second kappa shape index (κ2) is 3.65. The lowest BCUT2D eigenvalue weighted by atomic mass is 10.2. The van der Waals surface area contributed by atoms with Gasteiger partial charge in [0.25, 0.3) is 0 Å². The molecule has 1 aromatic rings. The third-order valence-electron chi connectivity index (χ3n) is 2.16. The molecule has 0 aromatic carbocycles. The van der Waals surface area contributed by atoms with Gasteiger partial charge in [0.1, 0.15) is 0 Å². The second-order valence-electron chi connectivity index (χ2n) is 3.28. The maximum Gasteiger partial charge on any atom is 0.155 e. The van der Waals surface area contributed by atoms with Crippen LogP contribution in [0.25, 0.3) is 0 Å². The molecule has 0 unspecified atom stereocenters. The number of aromatic nitrogens is 1.